The summed E-state index contributed by atoms with van der Waals surface area (Å²) in [5, 5.41) is 0. The molecule has 0 aromatic heterocycles. The first-order valence-electron chi connectivity index (χ1n) is 6.91. The molecule has 98 valence electrons. The van der Waals surface area contributed by atoms with Gasteiger partial charge in [-0.1, -0.05) is 25.3 Å². The van der Waals surface area contributed by atoms with Crippen LogP contribution in [-0.2, 0) is 11.8 Å². The predicted molar refractivity (Wildman–Crippen MR) is 77.2 cm³/mol. The van der Waals surface area contributed by atoms with Crippen LogP contribution in [0, 0.1) is 0 Å². The maximum Gasteiger partial charge on any atom is 0.136 e. The van der Waals surface area contributed by atoms with Gasteiger partial charge in [0.15, 0.2) is 0 Å². The van der Waals surface area contributed by atoms with E-state index in [1.807, 2.05) is 0 Å². The van der Waals surface area contributed by atoms with Gasteiger partial charge in [-0.2, -0.15) is 0 Å². The Morgan fingerprint density at radius 1 is 1.22 bits per heavy atom. The van der Waals surface area contributed by atoms with E-state index in [-0.39, 0.29) is 5.41 Å². The van der Waals surface area contributed by atoms with Gasteiger partial charge in [0.2, 0.25) is 0 Å². The van der Waals surface area contributed by atoms with Gasteiger partial charge in [0, 0.05) is 18.4 Å². The van der Waals surface area contributed by atoms with Crippen molar-refractivity contribution >= 4 is 15.9 Å². The van der Waals surface area contributed by atoms with Gasteiger partial charge in [-0.3, -0.25) is 0 Å². The minimum absolute atomic E-state index is 0.207. The zero-order valence-corrected chi connectivity index (χ0v) is 12.3. The molecule has 2 aliphatic rings. The van der Waals surface area contributed by atoms with Crippen LogP contribution in [0.1, 0.15) is 43.2 Å². The number of benzene rings is 1. The first-order valence-corrected chi connectivity index (χ1v) is 7.70. The van der Waals surface area contributed by atoms with Gasteiger partial charge >= 0.3 is 0 Å². The van der Waals surface area contributed by atoms with E-state index in [1.54, 1.807) is 0 Å². The van der Waals surface area contributed by atoms with E-state index in [0.29, 0.717) is 0 Å². The molecule has 0 unspecified atom stereocenters. The van der Waals surface area contributed by atoms with Crippen molar-refractivity contribution in [1.29, 1.82) is 0 Å². The lowest BCUT2D eigenvalue weighted by molar-refractivity contribution is 0.300. The van der Waals surface area contributed by atoms with Crippen LogP contribution in [0.5, 0.6) is 5.75 Å². The molecule has 0 atom stereocenters. The molecule has 1 aliphatic heterocycles. The number of halogens is 1. The Morgan fingerprint density at radius 3 is 2.72 bits per heavy atom. The second kappa shape index (κ2) is 4.86. The fourth-order valence-corrected chi connectivity index (χ4v) is 4.02. The molecule has 1 aromatic rings. The molecule has 1 saturated carbocycles. The molecular formula is C15H20BrNO. The number of ether oxygens (including phenoxy) is 1. The van der Waals surface area contributed by atoms with Gasteiger partial charge in [-0.05, 0) is 46.0 Å². The van der Waals surface area contributed by atoms with Crippen molar-refractivity contribution in [3.63, 3.8) is 0 Å². The standard InChI is InChI=1S/C15H20BrNO/c16-13-9-12(8-11-4-7-18-14(11)13)15(10-17)5-2-1-3-6-15/h8-9H,1-7,10,17H2. The summed E-state index contributed by atoms with van der Waals surface area (Å²) in [5.74, 6) is 1.04. The molecule has 0 radical (unpaired) electrons. The van der Waals surface area contributed by atoms with Crippen molar-refractivity contribution in [2.45, 2.75) is 43.9 Å². The van der Waals surface area contributed by atoms with Crippen LogP contribution in [0.15, 0.2) is 16.6 Å². The third-order valence-electron chi connectivity index (χ3n) is 4.55. The van der Waals surface area contributed by atoms with Gasteiger partial charge in [0.05, 0.1) is 11.1 Å². The Balaban J connectivity index is 2.02. The average Bonchev–Trinajstić information content (AvgIpc) is 2.88. The van der Waals surface area contributed by atoms with Crippen molar-refractivity contribution < 1.29 is 4.74 Å². The highest BCUT2D eigenvalue weighted by Gasteiger charge is 2.34. The molecule has 2 N–H and O–H groups in total. The van der Waals surface area contributed by atoms with Gasteiger partial charge in [0.25, 0.3) is 0 Å². The first kappa shape index (κ1) is 12.5. The zero-order chi connectivity index (χ0) is 12.6. The van der Waals surface area contributed by atoms with Crippen molar-refractivity contribution in [1.82, 2.24) is 0 Å². The Kier molecular flexibility index (Phi) is 3.37. The summed E-state index contributed by atoms with van der Waals surface area (Å²) in [4.78, 5) is 0. The molecule has 1 heterocycles. The van der Waals surface area contributed by atoms with Gasteiger partial charge in [0.1, 0.15) is 5.75 Å². The molecule has 18 heavy (non-hydrogen) atoms. The third-order valence-corrected chi connectivity index (χ3v) is 5.14. The summed E-state index contributed by atoms with van der Waals surface area (Å²) in [6.07, 6.45) is 7.47. The van der Waals surface area contributed by atoms with E-state index < -0.39 is 0 Å². The molecule has 1 aromatic carbocycles. The number of nitrogens with two attached hydrogens (primary N) is 1. The minimum atomic E-state index is 0.207. The van der Waals surface area contributed by atoms with E-state index in [9.17, 15) is 0 Å². The van der Waals surface area contributed by atoms with Gasteiger partial charge in [-0.15, -0.1) is 0 Å². The maximum atomic E-state index is 6.12. The molecular weight excluding hydrogens is 290 g/mol. The summed E-state index contributed by atoms with van der Waals surface area (Å²) in [7, 11) is 0. The second-order valence-electron chi connectivity index (χ2n) is 5.59. The Hall–Kier alpha value is -0.540. The molecule has 0 bridgehead atoms. The van der Waals surface area contributed by atoms with Crippen LogP contribution in [0.3, 0.4) is 0 Å². The normalized spacial score (nSPS) is 21.4. The highest BCUT2D eigenvalue weighted by atomic mass is 79.9. The van der Waals surface area contributed by atoms with Crippen LogP contribution >= 0.6 is 15.9 Å². The topological polar surface area (TPSA) is 35.2 Å². The summed E-state index contributed by atoms with van der Waals surface area (Å²) in [6, 6.07) is 4.58. The van der Waals surface area contributed by atoms with E-state index in [1.165, 1.54) is 43.2 Å². The van der Waals surface area contributed by atoms with Crippen molar-refractivity contribution in [3.05, 3.63) is 27.7 Å². The number of fused-ring (bicyclic) bond motifs is 1. The molecule has 0 saturated heterocycles. The number of hydrogen-bond donors (Lipinski definition) is 1. The molecule has 3 heteroatoms. The Bertz CT molecular complexity index is 452. The predicted octanol–water partition coefficient (Wildman–Crippen LogP) is 3.54. The lowest BCUT2D eigenvalue weighted by Crippen LogP contribution is -2.37. The summed E-state index contributed by atoms with van der Waals surface area (Å²) >= 11 is 3.65. The van der Waals surface area contributed by atoms with Crippen LogP contribution in [-0.4, -0.2) is 13.2 Å². The zero-order valence-electron chi connectivity index (χ0n) is 10.7. The monoisotopic (exact) mass is 309 g/mol. The Morgan fingerprint density at radius 2 is 2.00 bits per heavy atom. The lowest BCUT2D eigenvalue weighted by atomic mass is 9.69. The van der Waals surface area contributed by atoms with E-state index in [4.69, 9.17) is 10.5 Å². The molecule has 1 fully saturated rings. The quantitative estimate of drug-likeness (QED) is 0.907. The lowest BCUT2D eigenvalue weighted by Gasteiger charge is -2.37. The van der Waals surface area contributed by atoms with Crippen LogP contribution < -0.4 is 10.5 Å². The SMILES string of the molecule is NCC1(c2cc(Br)c3c(c2)CCO3)CCCCC1. The molecule has 1 aliphatic carbocycles. The largest absolute Gasteiger partial charge is 0.492 e. The van der Waals surface area contributed by atoms with E-state index >= 15 is 0 Å². The van der Waals surface area contributed by atoms with Crippen LogP contribution in [0.4, 0.5) is 0 Å². The fraction of sp³-hybridized carbons (Fsp3) is 0.600. The van der Waals surface area contributed by atoms with Crippen LogP contribution in [0.2, 0.25) is 0 Å². The second-order valence-corrected chi connectivity index (χ2v) is 6.44. The number of hydrogen-bond acceptors (Lipinski definition) is 2. The number of rotatable bonds is 2. The Labute approximate surface area is 117 Å². The third kappa shape index (κ3) is 1.97. The van der Waals surface area contributed by atoms with Crippen molar-refractivity contribution in [3.8, 4) is 5.75 Å². The van der Waals surface area contributed by atoms with Crippen molar-refractivity contribution in [2.24, 2.45) is 5.73 Å². The highest BCUT2D eigenvalue weighted by Crippen LogP contribution is 2.43. The molecule has 0 amide bonds. The minimum Gasteiger partial charge on any atom is -0.492 e. The summed E-state index contributed by atoms with van der Waals surface area (Å²) in [5.41, 5.74) is 9.09. The first-order chi connectivity index (χ1) is 8.75. The highest BCUT2D eigenvalue weighted by molar-refractivity contribution is 9.10. The molecule has 0 spiro atoms. The fourth-order valence-electron chi connectivity index (χ4n) is 3.41. The smallest absolute Gasteiger partial charge is 0.136 e. The van der Waals surface area contributed by atoms with Crippen molar-refractivity contribution in [2.75, 3.05) is 13.2 Å². The van der Waals surface area contributed by atoms with Gasteiger partial charge < -0.3 is 10.5 Å². The maximum absolute atomic E-state index is 6.12. The van der Waals surface area contributed by atoms with Crippen LogP contribution in [0.25, 0.3) is 0 Å². The average molecular weight is 310 g/mol. The van der Waals surface area contributed by atoms with E-state index in [0.717, 1.165) is 29.8 Å². The molecule has 3 rings (SSSR count). The summed E-state index contributed by atoms with van der Waals surface area (Å²) < 4.78 is 6.76. The van der Waals surface area contributed by atoms with Gasteiger partial charge in [-0.25, -0.2) is 0 Å². The summed E-state index contributed by atoms with van der Waals surface area (Å²) in [6.45, 7) is 1.58. The van der Waals surface area contributed by atoms with E-state index in [2.05, 4.69) is 28.1 Å². The molecule has 2 nitrogen and oxygen atoms in total.